The number of tetrazole rings is 1. The average Bonchev–Trinajstić information content (AvgIpc) is 3.08. The van der Waals surface area contributed by atoms with Gasteiger partial charge in [-0.05, 0) is 53.1 Å². The van der Waals surface area contributed by atoms with Crippen molar-refractivity contribution in [3.8, 4) is 5.69 Å². The van der Waals surface area contributed by atoms with E-state index in [4.69, 9.17) is 11.6 Å². The second kappa shape index (κ2) is 7.46. The molecule has 0 saturated carbocycles. The first-order valence-corrected chi connectivity index (χ1v) is 8.73. The lowest BCUT2D eigenvalue weighted by atomic mass is 10.2. The van der Waals surface area contributed by atoms with Gasteiger partial charge in [0.05, 0.1) is 17.8 Å². The molecule has 2 aromatic carbocycles. The highest BCUT2D eigenvalue weighted by Crippen LogP contribution is 2.19. The predicted octanol–water partition coefficient (Wildman–Crippen LogP) is 2.97. The number of amides is 1. The van der Waals surface area contributed by atoms with E-state index in [0.717, 1.165) is 10.6 Å². The van der Waals surface area contributed by atoms with Gasteiger partial charge in [0.1, 0.15) is 0 Å². The van der Waals surface area contributed by atoms with E-state index in [9.17, 15) is 4.79 Å². The molecule has 0 radical (unpaired) electrons. The standard InChI is InChI=1S/C16H14ClN5OS/c1-24-14-5-3-2-4-13(14)16(23)18-10-15-19-20-21-22(15)12-8-6-11(17)7-9-12/h2-9H,10H2,1H3,(H,18,23). The average molecular weight is 360 g/mol. The number of benzene rings is 2. The summed E-state index contributed by atoms with van der Waals surface area (Å²) in [6.07, 6.45) is 1.94. The maximum Gasteiger partial charge on any atom is 0.252 e. The molecule has 122 valence electrons. The van der Waals surface area contributed by atoms with Gasteiger partial charge in [0.15, 0.2) is 5.82 Å². The van der Waals surface area contributed by atoms with Crippen LogP contribution >= 0.6 is 23.4 Å². The van der Waals surface area contributed by atoms with Crippen molar-refractivity contribution >= 4 is 29.3 Å². The Kier molecular flexibility index (Phi) is 5.12. The molecule has 1 aromatic heterocycles. The van der Waals surface area contributed by atoms with E-state index in [2.05, 4.69) is 20.8 Å². The smallest absolute Gasteiger partial charge is 0.252 e. The van der Waals surface area contributed by atoms with Gasteiger partial charge in [-0.15, -0.1) is 16.9 Å². The van der Waals surface area contributed by atoms with Crippen molar-refractivity contribution in [3.63, 3.8) is 0 Å². The summed E-state index contributed by atoms with van der Waals surface area (Å²) in [4.78, 5) is 13.3. The number of hydrogen-bond acceptors (Lipinski definition) is 5. The molecule has 1 N–H and O–H groups in total. The maximum absolute atomic E-state index is 12.4. The van der Waals surface area contributed by atoms with Crippen LogP contribution in [0.15, 0.2) is 53.4 Å². The minimum Gasteiger partial charge on any atom is -0.345 e. The van der Waals surface area contributed by atoms with Crippen LogP contribution < -0.4 is 5.32 Å². The van der Waals surface area contributed by atoms with E-state index in [0.29, 0.717) is 16.4 Å². The van der Waals surface area contributed by atoms with Gasteiger partial charge in [0.2, 0.25) is 0 Å². The first kappa shape index (κ1) is 16.5. The quantitative estimate of drug-likeness (QED) is 0.709. The van der Waals surface area contributed by atoms with Gasteiger partial charge < -0.3 is 5.32 Å². The van der Waals surface area contributed by atoms with Crippen LogP contribution in [0.3, 0.4) is 0 Å². The van der Waals surface area contributed by atoms with Crippen molar-refractivity contribution in [1.82, 2.24) is 25.5 Å². The Morgan fingerprint density at radius 2 is 1.96 bits per heavy atom. The van der Waals surface area contributed by atoms with Gasteiger partial charge in [-0.2, -0.15) is 4.68 Å². The van der Waals surface area contributed by atoms with Crippen LogP contribution in [0.2, 0.25) is 5.02 Å². The second-order valence-corrected chi connectivity index (χ2v) is 6.15. The summed E-state index contributed by atoms with van der Waals surface area (Å²) in [6.45, 7) is 0.219. The van der Waals surface area contributed by atoms with Crippen molar-refractivity contribution in [1.29, 1.82) is 0 Å². The lowest BCUT2D eigenvalue weighted by molar-refractivity contribution is 0.0946. The van der Waals surface area contributed by atoms with E-state index in [1.165, 1.54) is 11.8 Å². The Morgan fingerprint density at radius 1 is 1.21 bits per heavy atom. The minimum atomic E-state index is -0.161. The number of carbonyl (C=O) groups is 1. The molecule has 0 fully saturated rings. The summed E-state index contributed by atoms with van der Waals surface area (Å²) in [6, 6.07) is 14.6. The lowest BCUT2D eigenvalue weighted by Crippen LogP contribution is -2.25. The topological polar surface area (TPSA) is 72.7 Å². The molecule has 0 saturated heterocycles. The third kappa shape index (κ3) is 3.58. The molecule has 3 rings (SSSR count). The fourth-order valence-corrected chi connectivity index (χ4v) is 2.91. The first-order chi connectivity index (χ1) is 11.7. The number of nitrogens with one attached hydrogen (secondary N) is 1. The summed E-state index contributed by atoms with van der Waals surface area (Å²) >= 11 is 7.42. The fraction of sp³-hybridized carbons (Fsp3) is 0.125. The SMILES string of the molecule is CSc1ccccc1C(=O)NCc1nnnn1-c1ccc(Cl)cc1. The van der Waals surface area contributed by atoms with Crippen molar-refractivity contribution in [2.24, 2.45) is 0 Å². The number of rotatable bonds is 5. The van der Waals surface area contributed by atoms with Crippen LogP contribution in [-0.4, -0.2) is 32.4 Å². The highest BCUT2D eigenvalue weighted by atomic mass is 35.5. The van der Waals surface area contributed by atoms with Crippen molar-refractivity contribution in [2.45, 2.75) is 11.4 Å². The molecule has 1 amide bonds. The van der Waals surface area contributed by atoms with Crippen molar-refractivity contribution in [2.75, 3.05) is 6.26 Å². The number of nitrogens with zero attached hydrogens (tertiary/aromatic N) is 4. The van der Waals surface area contributed by atoms with Gasteiger partial charge in [-0.25, -0.2) is 0 Å². The third-order valence-corrected chi connectivity index (χ3v) is 4.41. The number of carbonyl (C=O) groups excluding carboxylic acids is 1. The normalized spacial score (nSPS) is 10.6. The Balaban J connectivity index is 1.75. The molecule has 8 heteroatoms. The van der Waals surface area contributed by atoms with E-state index in [1.54, 1.807) is 22.9 Å². The highest BCUT2D eigenvalue weighted by molar-refractivity contribution is 7.98. The predicted molar refractivity (Wildman–Crippen MR) is 93.6 cm³/mol. The molecule has 0 atom stereocenters. The molecule has 0 spiro atoms. The fourth-order valence-electron chi connectivity index (χ4n) is 2.19. The second-order valence-electron chi connectivity index (χ2n) is 4.87. The Morgan fingerprint density at radius 3 is 2.71 bits per heavy atom. The summed E-state index contributed by atoms with van der Waals surface area (Å²) in [5, 5.41) is 15.1. The van der Waals surface area contributed by atoms with E-state index < -0.39 is 0 Å². The van der Waals surface area contributed by atoms with E-state index >= 15 is 0 Å². The molecular formula is C16H14ClN5OS. The van der Waals surface area contributed by atoms with E-state index in [-0.39, 0.29) is 12.5 Å². The van der Waals surface area contributed by atoms with Gasteiger partial charge in [-0.3, -0.25) is 4.79 Å². The third-order valence-electron chi connectivity index (χ3n) is 3.36. The molecule has 6 nitrogen and oxygen atoms in total. The van der Waals surface area contributed by atoms with E-state index in [1.807, 2.05) is 36.6 Å². The first-order valence-electron chi connectivity index (χ1n) is 7.13. The maximum atomic E-state index is 12.4. The molecule has 3 aromatic rings. The Labute approximate surface area is 148 Å². The van der Waals surface area contributed by atoms with Gasteiger partial charge in [0, 0.05) is 9.92 Å². The number of hydrogen-bond donors (Lipinski definition) is 1. The molecule has 24 heavy (non-hydrogen) atoms. The van der Waals surface area contributed by atoms with Gasteiger partial charge >= 0.3 is 0 Å². The van der Waals surface area contributed by atoms with Crippen LogP contribution in [0.1, 0.15) is 16.2 Å². The van der Waals surface area contributed by atoms with Crippen LogP contribution in [0.25, 0.3) is 5.69 Å². The largest absolute Gasteiger partial charge is 0.345 e. The number of halogens is 1. The molecule has 0 aliphatic rings. The van der Waals surface area contributed by atoms with Crippen LogP contribution in [0, 0.1) is 0 Å². The zero-order chi connectivity index (χ0) is 16.9. The number of thioether (sulfide) groups is 1. The van der Waals surface area contributed by atoms with Crippen LogP contribution in [0.5, 0.6) is 0 Å². The molecule has 1 heterocycles. The zero-order valence-electron chi connectivity index (χ0n) is 12.8. The van der Waals surface area contributed by atoms with Crippen molar-refractivity contribution in [3.05, 3.63) is 64.9 Å². The minimum absolute atomic E-state index is 0.161. The molecule has 0 unspecified atom stereocenters. The summed E-state index contributed by atoms with van der Waals surface area (Å²) in [7, 11) is 0. The molecule has 0 aliphatic carbocycles. The zero-order valence-corrected chi connectivity index (χ0v) is 14.4. The van der Waals surface area contributed by atoms with Gasteiger partial charge in [0.25, 0.3) is 5.91 Å². The summed E-state index contributed by atoms with van der Waals surface area (Å²) in [5.74, 6) is 0.373. The highest BCUT2D eigenvalue weighted by Gasteiger charge is 2.13. The molecular weight excluding hydrogens is 346 g/mol. The summed E-state index contributed by atoms with van der Waals surface area (Å²) < 4.78 is 1.57. The Hall–Kier alpha value is -2.38. The van der Waals surface area contributed by atoms with Crippen LogP contribution in [0.4, 0.5) is 0 Å². The van der Waals surface area contributed by atoms with Gasteiger partial charge in [-0.1, -0.05) is 23.7 Å². The van der Waals surface area contributed by atoms with Crippen molar-refractivity contribution < 1.29 is 4.79 Å². The number of aromatic nitrogens is 4. The lowest BCUT2D eigenvalue weighted by Gasteiger charge is -2.09. The summed E-state index contributed by atoms with van der Waals surface area (Å²) in [5.41, 5.74) is 1.41. The Bertz CT molecular complexity index is 850. The molecule has 0 bridgehead atoms. The molecule has 0 aliphatic heterocycles. The van der Waals surface area contributed by atoms with Crippen LogP contribution in [-0.2, 0) is 6.54 Å². The monoisotopic (exact) mass is 359 g/mol.